The van der Waals surface area contributed by atoms with Gasteiger partial charge in [0, 0.05) is 11.8 Å². The Morgan fingerprint density at radius 3 is 2.23 bits per heavy atom. The lowest BCUT2D eigenvalue weighted by Gasteiger charge is -2.13. The fourth-order valence-corrected chi connectivity index (χ4v) is 3.78. The van der Waals surface area contributed by atoms with Crippen LogP contribution in [0.4, 0.5) is 13.2 Å². The van der Waals surface area contributed by atoms with Gasteiger partial charge >= 0.3 is 12.1 Å². The van der Waals surface area contributed by atoms with Gasteiger partial charge in [0.2, 0.25) is 0 Å². The van der Waals surface area contributed by atoms with Crippen molar-refractivity contribution in [2.45, 2.75) is 13.1 Å². The van der Waals surface area contributed by atoms with E-state index in [1.54, 1.807) is 37.4 Å². The molecule has 0 unspecified atom stereocenters. The second-order valence-electron chi connectivity index (χ2n) is 8.66. The fraction of sp³-hybridized carbons (Fsp3) is 0.125. The van der Waals surface area contributed by atoms with Crippen LogP contribution in [0.5, 0.6) is 11.5 Å². The van der Waals surface area contributed by atoms with Gasteiger partial charge in [-0.2, -0.15) is 13.2 Å². The van der Waals surface area contributed by atoms with E-state index in [-0.39, 0.29) is 6.61 Å². The van der Waals surface area contributed by atoms with Crippen LogP contribution in [0.3, 0.4) is 0 Å². The molecule has 0 radical (unpaired) electrons. The summed E-state index contributed by atoms with van der Waals surface area (Å²) in [6.07, 6.45) is -0.974. The summed E-state index contributed by atoms with van der Waals surface area (Å²) in [5.74, 6) is 5.94. The van der Waals surface area contributed by atoms with Crippen molar-refractivity contribution in [2.75, 3.05) is 13.2 Å². The Labute approximate surface area is 229 Å². The molecule has 0 spiro atoms. The van der Waals surface area contributed by atoms with Gasteiger partial charge in [-0.25, -0.2) is 9.78 Å². The van der Waals surface area contributed by atoms with Crippen LogP contribution in [0, 0.1) is 18.8 Å². The molecule has 5 nitrogen and oxygen atoms in total. The van der Waals surface area contributed by atoms with Crippen LogP contribution in [-0.4, -0.2) is 29.3 Å². The molecule has 0 fully saturated rings. The van der Waals surface area contributed by atoms with Crippen molar-refractivity contribution in [1.29, 1.82) is 0 Å². The highest BCUT2D eigenvalue weighted by molar-refractivity contribution is 5.80. The van der Waals surface area contributed by atoms with Crippen molar-refractivity contribution >= 4 is 11.5 Å². The Morgan fingerprint density at radius 2 is 1.62 bits per heavy atom. The molecule has 0 amide bonds. The van der Waals surface area contributed by atoms with Gasteiger partial charge in [0.25, 0.3) is 0 Å². The van der Waals surface area contributed by atoms with E-state index in [1.165, 1.54) is 12.1 Å². The number of aromatic nitrogens is 1. The number of halogens is 3. The molecular weight excluding hydrogens is 519 g/mol. The highest BCUT2D eigenvalue weighted by atomic mass is 19.4. The Morgan fingerprint density at radius 1 is 0.925 bits per heavy atom. The van der Waals surface area contributed by atoms with Crippen molar-refractivity contribution in [3.8, 4) is 23.3 Å². The van der Waals surface area contributed by atoms with E-state index < -0.39 is 24.3 Å². The zero-order valence-corrected chi connectivity index (χ0v) is 21.4. The van der Waals surface area contributed by atoms with Gasteiger partial charge in [-0.05, 0) is 95.8 Å². The number of ether oxygens (including phenoxy) is 2. The molecule has 0 atom stereocenters. The summed E-state index contributed by atoms with van der Waals surface area (Å²) in [7, 11) is 0. The van der Waals surface area contributed by atoms with E-state index in [2.05, 4.69) is 16.8 Å². The number of carbonyl (C=O) groups is 1. The van der Waals surface area contributed by atoms with Crippen molar-refractivity contribution in [3.05, 3.63) is 131 Å². The lowest BCUT2D eigenvalue weighted by Crippen LogP contribution is -2.10. The van der Waals surface area contributed by atoms with Gasteiger partial charge in [0.1, 0.15) is 23.8 Å². The Bertz CT molecular complexity index is 1550. The fourth-order valence-electron chi connectivity index (χ4n) is 3.78. The maximum absolute atomic E-state index is 13.1. The molecule has 4 aromatic rings. The first kappa shape index (κ1) is 28.0. The number of hydrogen-bond donors (Lipinski definition) is 1. The minimum atomic E-state index is -4.43. The summed E-state index contributed by atoms with van der Waals surface area (Å²) in [6.45, 7) is 1.45. The van der Waals surface area contributed by atoms with Gasteiger partial charge in [-0.1, -0.05) is 36.3 Å². The van der Waals surface area contributed by atoms with Gasteiger partial charge in [-0.3, -0.25) is 0 Å². The molecule has 1 heterocycles. The first-order valence-corrected chi connectivity index (χ1v) is 12.2. The summed E-state index contributed by atoms with van der Waals surface area (Å²) >= 11 is 0. The topological polar surface area (TPSA) is 68.7 Å². The van der Waals surface area contributed by atoms with E-state index in [9.17, 15) is 18.0 Å². The number of alkyl halides is 3. The number of benzene rings is 3. The SMILES string of the molecule is Cc1cc(OC/C=C(\c2ccc(C#Cc3ccccn3)cc2)c2ccc(C(F)(F)F)cc2)ccc1OCC(=O)O. The zero-order valence-electron chi connectivity index (χ0n) is 21.4. The van der Waals surface area contributed by atoms with Gasteiger partial charge in [0.05, 0.1) is 5.56 Å². The quantitative estimate of drug-likeness (QED) is 0.248. The van der Waals surface area contributed by atoms with Crippen molar-refractivity contribution in [2.24, 2.45) is 0 Å². The molecule has 8 heteroatoms. The third kappa shape index (κ3) is 7.74. The smallest absolute Gasteiger partial charge is 0.416 e. The first-order chi connectivity index (χ1) is 19.2. The van der Waals surface area contributed by atoms with Crippen LogP contribution in [-0.2, 0) is 11.0 Å². The van der Waals surface area contributed by atoms with Gasteiger partial charge in [0.15, 0.2) is 6.61 Å². The largest absolute Gasteiger partial charge is 0.489 e. The Balaban J connectivity index is 1.57. The van der Waals surface area contributed by atoms with Gasteiger partial charge in [-0.15, -0.1) is 0 Å². The summed E-state index contributed by atoms with van der Waals surface area (Å²) < 4.78 is 50.5. The minimum Gasteiger partial charge on any atom is -0.489 e. The van der Waals surface area contributed by atoms with Crippen LogP contribution in [0.15, 0.2) is 97.2 Å². The summed E-state index contributed by atoms with van der Waals surface area (Å²) in [5.41, 5.74) is 3.44. The summed E-state index contributed by atoms with van der Waals surface area (Å²) in [5, 5.41) is 8.80. The summed E-state index contributed by atoms with van der Waals surface area (Å²) in [4.78, 5) is 14.9. The number of aryl methyl sites for hydroxylation is 1. The molecule has 40 heavy (non-hydrogen) atoms. The summed E-state index contributed by atoms with van der Waals surface area (Å²) in [6, 6.07) is 22.8. The van der Waals surface area contributed by atoms with Crippen LogP contribution in [0.25, 0.3) is 5.57 Å². The van der Waals surface area contributed by atoms with E-state index >= 15 is 0 Å². The molecule has 0 saturated carbocycles. The average molecular weight is 544 g/mol. The predicted molar refractivity (Wildman–Crippen MR) is 145 cm³/mol. The molecular formula is C32H24F3NO4. The number of carboxylic acid groups (broad SMARTS) is 1. The molecule has 202 valence electrons. The van der Waals surface area contributed by atoms with E-state index in [0.29, 0.717) is 33.9 Å². The molecule has 0 aliphatic heterocycles. The van der Waals surface area contributed by atoms with Crippen LogP contribution < -0.4 is 9.47 Å². The first-order valence-electron chi connectivity index (χ1n) is 12.2. The average Bonchev–Trinajstić information content (AvgIpc) is 2.94. The van der Waals surface area contributed by atoms with Crippen molar-refractivity contribution in [1.82, 2.24) is 4.98 Å². The van der Waals surface area contributed by atoms with Crippen LogP contribution >= 0.6 is 0 Å². The second-order valence-corrected chi connectivity index (χ2v) is 8.66. The highest BCUT2D eigenvalue weighted by Gasteiger charge is 2.30. The molecule has 1 aromatic heterocycles. The van der Waals surface area contributed by atoms with E-state index in [0.717, 1.165) is 23.3 Å². The predicted octanol–water partition coefficient (Wildman–Crippen LogP) is 6.78. The lowest BCUT2D eigenvalue weighted by atomic mass is 9.96. The standard InChI is InChI=1S/C32H24F3NO4/c1-22-20-28(15-16-30(22)40-21-31(37)38)39-19-17-29(25-10-12-26(13-11-25)32(33,34)35)24-8-5-23(6-9-24)7-14-27-4-2-3-18-36-27/h2-6,8-13,15-18,20H,19,21H2,1H3,(H,37,38)/b29-17+. The van der Waals surface area contributed by atoms with Crippen LogP contribution in [0.1, 0.15) is 33.5 Å². The molecule has 4 rings (SSSR count). The highest BCUT2D eigenvalue weighted by Crippen LogP contribution is 2.32. The normalized spacial score (nSPS) is 11.3. The molecule has 1 N–H and O–H groups in total. The van der Waals surface area contributed by atoms with Gasteiger partial charge < -0.3 is 14.6 Å². The number of carboxylic acids is 1. The third-order valence-corrected chi connectivity index (χ3v) is 5.75. The Kier molecular flexibility index (Phi) is 8.87. The molecule has 0 aliphatic carbocycles. The molecule has 3 aromatic carbocycles. The lowest BCUT2D eigenvalue weighted by molar-refractivity contribution is -0.139. The van der Waals surface area contributed by atoms with Crippen molar-refractivity contribution in [3.63, 3.8) is 0 Å². The second kappa shape index (κ2) is 12.7. The maximum atomic E-state index is 13.1. The molecule has 0 bridgehead atoms. The molecule has 0 saturated heterocycles. The number of aliphatic carboxylic acids is 1. The van der Waals surface area contributed by atoms with E-state index in [4.69, 9.17) is 14.6 Å². The van der Waals surface area contributed by atoms with Crippen LogP contribution in [0.2, 0.25) is 0 Å². The Hall–Kier alpha value is -5.03. The number of rotatable bonds is 8. The van der Waals surface area contributed by atoms with E-state index in [1.807, 2.05) is 42.5 Å². The minimum absolute atomic E-state index is 0.131. The third-order valence-electron chi connectivity index (χ3n) is 5.75. The molecule has 0 aliphatic rings. The number of pyridine rings is 1. The number of hydrogen-bond acceptors (Lipinski definition) is 4. The maximum Gasteiger partial charge on any atom is 0.416 e. The van der Waals surface area contributed by atoms with Crippen molar-refractivity contribution < 1.29 is 32.5 Å². The zero-order chi connectivity index (χ0) is 28.5. The number of nitrogens with zero attached hydrogens (tertiary/aromatic N) is 1. The monoisotopic (exact) mass is 543 g/mol.